The molecule has 0 amide bonds. The van der Waals surface area contributed by atoms with Gasteiger partial charge in [-0.05, 0) is 34.9 Å². The second-order valence-electron chi connectivity index (χ2n) is 7.62. The third-order valence-corrected chi connectivity index (χ3v) is 5.11. The molecule has 2 heteroatoms. The van der Waals surface area contributed by atoms with Gasteiger partial charge in [-0.15, -0.1) is 0 Å². The molecule has 1 N–H and O–H groups in total. The van der Waals surface area contributed by atoms with Crippen molar-refractivity contribution in [3.8, 4) is 11.5 Å². The van der Waals surface area contributed by atoms with E-state index in [1.54, 1.807) is 18.2 Å². The van der Waals surface area contributed by atoms with Gasteiger partial charge in [0.25, 0.3) is 0 Å². The smallest absolute Gasteiger partial charge is 0.169 e. The minimum absolute atomic E-state index is 0.0894. The molecule has 0 radical (unpaired) electrons. The van der Waals surface area contributed by atoms with Crippen LogP contribution in [0, 0.1) is 0 Å². The van der Waals surface area contributed by atoms with Crippen molar-refractivity contribution in [3.05, 3.63) is 162 Å². The Labute approximate surface area is 201 Å². The van der Waals surface area contributed by atoms with E-state index >= 15 is 0 Å². The van der Waals surface area contributed by atoms with E-state index in [1.165, 1.54) is 0 Å². The summed E-state index contributed by atoms with van der Waals surface area (Å²) in [6, 6.07) is 37.3. The molecule has 0 heterocycles. The van der Waals surface area contributed by atoms with Crippen LogP contribution in [0.4, 0.5) is 0 Å². The molecule has 0 saturated heterocycles. The normalized spacial score (nSPS) is 11.3. The predicted octanol–water partition coefficient (Wildman–Crippen LogP) is 8.17. The summed E-state index contributed by atoms with van der Waals surface area (Å²) in [5.41, 5.74) is 4.09. The van der Waals surface area contributed by atoms with Crippen molar-refractivity contribution < 1.29 is 9.84 Å². The van der Waals surface area contributed by atoms with Crippen molar-refractivity contribution >= 4 is 18.2 Å². The van der Waals surface area contributed by atoms with Crippen LogP contribution in [0.15, 0.2) is 145 Å². The molecule has 0 saturated carbocycles. The van der Waals surface area contributed by atoms with Crippen LogP contribution in [-0.2, 0) is 0 Å². The zero-order valence-electron chi connectivity index (χ0n) is 18.8. The Morgan fingerprint density at radius 3 is 1.38 bits per heavy atom. The first-order valence-electron chi connectivity index (χ1n) is 11.2. The summed E-state index contributed by atoms with van der Waals surface area (Å²) in [4.78, 5) is 0. The van der Waals surface area contributed by atoms with Gasteiger partial charge >= 0.3 is 0 Å². The molecule has 0 aromatic heterocycles. The Balaban J connectivity index is 1.79. The van der Waals surface area contributed by atoms with Gasteiger partial charge in [0, 0.05) is 5.57 Å². The lowest BCUT2D eigenvalue weighted by Gasteiger charge is -2.11. The van der Waals surface area contributed by atoms with E-state index in [1.807, 2.05) is 97.1 Å². The third-order valence-electron chi connectivity index (χ3n) is 5.11. The van der Waals surface area contributed by atoms with E-state index in [-0.39, 0.29) is 5.75 Å². The van der Waals surface area contributed by atoms with Gasteiger partial charge in [-0.1, -0.05) is 134 Å². The highest BCUT2D eigenvalue weighted by Crippen LogP contribution is 2.28. The quantitative estimate of drug-likeness (QED) is 0.220. The standard InChI is InChI=1S/C32H26O2/c33-30-18-10-11-19-32(30)34-31(25-22-28-16-8-3-9-17-28)29(23-20-26-12-4-1-5-13-26)24-21-27-14-6-2-7-15-27/h1-25,33H. The van der Waals surface area contributed by atoms with Gasteiger partial charge in [-0.2, -0.15) is 0 Å². The Kier molecular flexibility index (Phi) is 7.91. The third kappa shape index (κ3) is 6.72. The molecule has 166 valence electrons. The fourth-order valence-electron chi connectivity index (χ4n) is 3.31. The Bertz CT molecular complexity index is 1250. The molecule has 34 heavy (non-hydrogen) atoms. The first-order chi connectivity index (χ1) is 16.8. The second kappa shape index (κ2) is 11.9. The summed E-state index contributed by atoms with van der Waals surface area (Å²) >= 11 is 0. The summed E-state index contributed by atoms with van der Waals surface area (Å²) in [5.74, 6) is 1.10. The van der Waals surface area contributed by atoms with E-state index in [0.717, 1.165) is 22.3 Å². The molecule has 0 bridgehead atoms. The molecule has 0 fully saturated rings. The largest absolute Gasteiger partial charge is 0.504 e. The maximum Gasteiger partial charge on any atom is 0.169 e. The van der Waals surface area contributed by atoms with Crippen molar-refractivity contribution in [2.45, 2.75) is 0 Å². The second-order valence-corrected chi connectivity index (χ2v) is 7.62. The van der Waals surface area contributed by atoms with Crippen molar-refractivity contribution in [2.24, 2.45) is 0 Å². The number of hydrogen-bond donors (Lipinski definition) is 1. The predicted molar refractivity (Wildman–Crippen MR) is 142 cm³/mol. The molecule has 0 atom stereocenters. The summed E-state index contributed by atoms with van der Waals surface area (Å²) in [7, 11) is 0. The van der Waals surface area contributed by atoms with E-state index in [9.17, 15) is 5.11 Å². The maximum absolute atomic E-state index is 10.3. The van der Waals surface area contributed by atoms with Crippen molar-refractivity contribution in [3.63, 3.8) is 0 Å². The lowest BCUT2D eigenvalue weighted by molar-refractivity contribution is 0.391. The molecule has 0 spiro atoms. The van der Waals surface area contributed by atoms with E-state index in [0.29, 0.717) is 11.5 Å². The summed E-state index contributed by atoms with van der Waals surface area (Å²) in [6.07, 6.45) is 12.1. The number of phenols is 1. The Morgan fingerprint density at radius 1 is 0.500 bits per heavy atom. The number of ether oxygens (including phenoxy) is 1. The Morgan fingerprint density at radius 2 is 0.912 bits per heavy atom. The average molecular weight is 443 g/mol. The van der Waals surface area contributed by atoms with Gasteiger partial charge in [-0.25, -0.2) is 0 Å². The van der Waals surface area contributed by atoms with Crippen LogP contribution in [0.5, 0.6) is 11.5 Å². The zero-order valence-corrected chi connectivity index (χ0v) is 18.8. The monoisotopic (exact) mass is 442 g/mol. The number of phenolic OH excluding ortho intramolecular Hbond substituents is 1. The summed E-state index contributed by atoms with van der Waals surface area (Å²) < 4.78 is 6.25. The number of hydrogen-bond acceptors (Lipinski definition) is 2. The van der Waals surface area contributed by atoms with Crippen LogP contribution in [0.2, 0.25) is 0 Å². The van der Waals surface area contributed by atoms with Crippen LogP contribution in [0.25, 0.3) is 18.2 Å². The lowest BCUT2D eigenvalue weighted by atomic mass is 10.1. The maximum atomic E-state index is 10.3. The van der Waals surface area contributed by atoms with Crippen LogP contribution >= 0.6 is 0 Å². The SMILES string of the molecule is Oc1ccccc1OC(C=Cc1ccccc1)=C(C=Cc1ccccc1)C=Cc1ccccc1. The van der Waals surface area contributed by atoms with E-state index in [2.05, 4.69) is 36.4 Å². The highest BCUT2D eigenvalue weighted by atomic mass is 16.5. The van der Waals surface area contributed by atoms with Crippen molar-refractivity contribution in [1.82, 2.24) is 0 Å². The number of allylic oxidation sites excluding steroid dienone is 4. The highest BCUT2D eigenvalue weighted by molar-refractivity contribution is 5.63. The number of para-hydroxylation sites is 2. The van der Waals surface area contributed by atoms with Gasteiger partial charge in [0.15, 0.2) is 11.5 Å². The van der Waals surface area contributed by atoms with Crippen LogP contribution in [0.1, 0.15) is 16.7 Å². The number of aromatic hydroxyl groups is 1. The molecular weight excluding hydrogens is 416 g/mol. The Hall–Kier alpha value is -4.56. The summed E-state index contributed by atoms with van der Waals surface area (Å²) in [6.45, 7) is 0. The van der Waals surface area contributed by atoms with E-state index in [4.69, 9.17) is 4.74 Å². The van der Waals surface area contributed by atoms with Crippen LogP contribution < -0.4 is 4.74 Å². The molecule has 4 aromatic carbocycles. The number of rotatable bonds is 8. The topological polar surface area (TPSA) is 29.5 Å². The molecular formula is C32H26O2. The fourth-order valence-corrected chi connectivity index (χ4v) is 3.31. The van der Waals surface area contributed by atoms with Crippen LogP contribution in [0.3, 0.4) is 0 Å². The first-order valence-corrected chi connectivity index (χ1v) is 11.2. The van der Waals surface area contributed by atoms with Crippen molar-refractivity contribution in [1.29, 1.82) is 0 Å². The highest BCUT2D eigenvalue weighted by Gasteiger charge is 2.07. The van der Waals surface area contributed by atoms with Gasteiger partial charge in [0.2, 0.25) is 0 Å². The molecule has 0 aliphatic carbocycles. The molecule has 4 rings (SSSR count). The first kappa shape index (κ1) is 22.6. The van der Waals surface area contributed by atoms with Gasteiger partial charge in [0.05, 0.1) is 0 Å². The average Bonchev–Trinajstić information content (AvgIpc) is 2.90. The molecule has 0 aliphatic rings. The number of benzene rings is 4. The summed E-state index contributed by atoms with van der Waals surface area (Å²) in [5, 5.41) is 10.3. The van der Waals surface area contributed by atoms with Gasteiger partial charge in [-0.3, -0.25) is 0 Å². The molecule has 4 aromatic rings. The molecule has 2 nitrogen and oxygen atoms in total. The minimum Gasteiger partial charge on any atom is -0.504 e. The van der Waals surface area contributed by atoms with Gasteiger partial charge < -0.3 is 9.84 Å². The van der Waals surface area contributed by atoms with Crippen LogP contribution in [-0.4, -0.2) is 5.11 Å². The molecule has 0 unspecified atom stereocenters. The zero-order chi connectivity index (χ0) is 23.4. The fraction of sp³-hybridized carbons (Fsp3) is 0. The van der Waals surface area contributed by atoms with Gasteiger partial charge in [0.1, 0.15) is 5.76 Å². The van der Waals surface area contributed by atoms with E-state index < -0.39 is 0 Å². The molecule has 0 aliphatic heterocycles. The lowest BCUT2D eigenvalue weighted by Crippen LogP contribution is -1.97. The minimum atomic E-state index is 0.0894. The van der Waals surface area contributed by atoms with Crippen molar-refractivity contribution in [2.75, 3.05) is 0 Å².